The molecule has 1 aromatic rings. The molecule has 296 valence electrons. The van der Waals surface area contributed by atoms with Gasteiger partial charge < -0.3 is 26.2 Å². The number of unbranched alkanes of at least 4 members (excludes halogenated alkanes) is 3. The molecule has 52 heavy (non-hydrogen) atoms. The lowest BCUT2D eigenvalue weighted by Crippen LogP contribution is -2.55. The fourth-order valence-corrected chi connectivity index (χ4v) is 5.51. The molecule has 3 rings (SSSR count). The standard InChI is InChI=1S/C24H34N6O5.C6H14.C4H7NO.C3H8.C2H6/c1-15-6-3-4-7-17(15)21(29-22(33)18-13-25-9-10-26-18)24(35)28-14-20(32)30-11-5-8-19(30)23(34)27-12-16(2)31;1-3-5-6-4-2;1-2-3-5-4-6;1-3-2;1-2/h9-10,13,15,17,19,21H,3-8,11-12,14H2,1-2H3,(H,27,34)(H,28,35)(H,29,33);3-6H2,1-2H3;2,4H,1,3H2,(H,5,6);3H2,1-2H3;1-2H3. The molecule has 0 bridgehead atoms. The number of carbonyl (C=O) groups excluding carboxylic acids is 6. The van der Waals surface area contributed by atoms with Crippen LogP contribution in [0.4, 0.5) is 0 Å². The number of nitrogens with zero attached hydrogens (tertiary/aromatic N) is 3. The first-order valence-electron chi connectivity index (χ1n) is 19.2. The minimum atomic E-state index is -0.819. The predicted molar refractivity (Wildman–Crippen MR) is 207 cm³/mol. The number of nitrogens with one attached hydrogen (secondary N) is 4. The largest absolute Gasteiger partial charge is 0.355 e. The fraction of sp³-hybridized carbons (Fsp3) is 0.692. The van der Waals surface area contributed by atoms with Crippen molar-refractivity contribution in [3.05, 3.63) is 36.9 Å². The zero-order valence-electron chi connectivity index (χ0n) is 33.3. The molecule has 2 fully saturated rings. The van der Waals surface area contributed by atoms with Crippen LogP contribution in [0.5, 0.6) is 0 Å². The molecule has 0 spiro atoms. The summed E-state index contributed by atoms with van der Waals surface area (Å²) in [6, 6.07) is -1.48. The van der Waals surface area contributed by atoms with Crippen molar-refractivity contribution in [3.8, 4) is 0 Å². The third kappa shape index (κ3) is 21.9. The highest BCUT2D eigenvalue weighted by molar-refractivity contribution is 5.97. The van der Waals surface area contributed by atoms with Crippen LogP contribution >= 0.6 is 0 Å². The van der Waals surface area contributed by atoms with E-state index in [4.69, 9.17) is 0 Å². The lowest BCUT2D eigenvalue weighted by molar-refractivity contribution is -0.139. The molecule has 0 aromatic carbocycles. The fourth-order valence-electron chi connectivity index (χ4n) is 5.51. The number of rotatable bonds is 15. The monoisotopic (exact) mass is 732 g/mol. The number of ketones is 1. The maximum atomic E-state index is 13.2. The summed E-state index contributed by atoms with van der Waals surface area (Å²) in [5.74, 6) is -1.71. The summed E-state index contributed by atoms with van der Waals surface area (Å²) in [6.07, 6.45) is 18.2. The van der Waals surface area contributed by atoms with Gasteiger partial charge in [0, 0.05) is 25.5 Å². The average Bonchev–Trinajstić information content (AvgIpc) is 3.66. The molecule has 1 saturated heterocycles. The van der Waals surface area contributed by atoms with Crippen LogP contribution in [-0.2, 0) is 24.0 Å². The summed E-state index contributed by atoms with van der Waals surface area (Å²) in [6.45, 7) is 20.1. The van der Waals surface area contributed by atoms with Crippen LogP contribution in [0.3, 0.4) is 0 Å². The molecule has 4 atom stereocenters. The molecule has 2 heterocycles. The molecular formula is C39H69N7O6. The Kier molecular flexibility index (Phi) is 31.4. The maximum absolute atomic E-state index is 13.2. The van der Waals surface area contributed by atoms with Crippen LogP contribution in [0.25, 0.3) is 0 Å². The first-order chi connectivity index (χ1) is 25.0. The zero-order chi connectivity index (χ0) is 39.7. The van der Waals surface area contributed by atoms with Crippen molar-refractivity contribution >= 4 is 35.8 Å². The van der Waals surface area contributed by atoms with Crippen LogP contribution in [-0.4, -0.2) is 89.0 Å². The molecule has 1 aliphatic carbocycles. The van der Waals surface area contributed by atoms with Gasteiger partial charge in [-0.1, -0.05) is 106 Å². The van der Waals surface area contributed by atoms with Crippen LogP contribution < -0.4 is 21.3 Å². The number of Topliss-reactive ketones (excluding diaryl/α,β-unsaturated/α-hetero) is 1. The lowest BCUT2D eigenvalue weighted by atomic mass is 9.76. The van der Waals surface area contributed by atoms with E-state index in [-0.39, 0.29) is 48.2 Å². The van der Waals surface area contributed by atoms with E-state index in [1.165, 1.54) is 62.5 Å². The third-order valence-corrected chi connectivity index (χ3v) is 8.07. The van der Waals surface area contributed by atoms with E-state index in [2.05, 4.69) is 72.4 Å². The highest BCUT2D eigenvalue weighted by atomic mass is 16.2. The summed E-state index contributed by atoms with van der Waals surface area (Å²) >= 11 is 0. The average molecular weight is 732 g/mol. The minimum Gasteiger partial charge on any atom is -0.355 e. The molecular weight excluding hydrogens is 662 g/mol. The summed E-state index contributed by atoms with van der Waals surface area (Å²) in [4.78, 5) is 81.2. The van der Waals surface area contributed by atoms with Crippen molar-refractivity contribution < 1.29 is 28.8 Å². The smallest absolute Gasteiger partial charge is 0.272 e. The number of aromatic nitrogens is 2. The van der Waals surface area contributed by atoms with E-state index in [0.29, 0.717) is 32.3 Å². The van der Waals surface area contributed by atoms with Crippen LogP contribution in [0.2, 0.25) is 0 Å². The van der Waals surface area contributed by atoms with Crippen LogP contribution in [0.15, 0.2) is 31.2 Å². The van der Waals surface area contributed by atoms with Gasteiger partial charge in [-0.25, -0.2) is 4.98 Å². The van der Waals surface area contributed by atoms with E-state index in [1.54, 1.807) is 6.08 Å². The van der Waals surface area contributed by atoms with Gasteiger partial charge in [0.25, 0.3) is 5.91 Å². The Bertz CT molecular complexity index is 1140. The van der Waals surface area contributed by atoms with Gasteiger partial charge in [-0.05, 0) is 38.0 Å². The second-order valence-corrected chi connectivity index (χ2v) is 12.6. The zero-order valence-corrected chi connectivity index (χ0v) is 33.3. The van der Waals surface area contributed by atoms with E-state index in [1.807, 2.05) is 13.8 Å². The predicted octanol–water partition coefficient (Wildman–Crippen LogP) is 5.16. The van der Waals surface area contributed by atoms with Gasteiger partial charge in [0.15, 0.2) is 0 Å². The van der Waals surface area contributed by atoms with E-state index < -0.39 is 23.9 Å². The van der Waals surface area contributed by atoms with Crippen molar-refractivity contribution in [3.63, 3.8) is 0 Å². The highest BCUT2D eigenvalue weighted by Crippen LogP contribution is 2.32. The number of hydrogen-bond donors (Lipinski definition) is 4. The van der Waals surface area contributed by atoms with Gasteiger partial charge in [-0.2, -0.15) is 0 Å². The molecule has 1 saturated carbocycles. The number of hydrogen-bond acceptors (Lipinski definition) is 8. The third-order valence-electron chi connectivity index (χ3n) is 8.07. The molecule has 1 aromatic heterocycles. The number of carbonyl (C=O) groups is 6. The van der Waals surface area contributed by atoms with Crippen molar-refractivity contribution in [1.82, 2.24) is 36.1 Å². The Labute approximate surface area is 313 Å². The van der Waals surface area contributed by atoms with E-state index >= 15 is 0 Å². The second kappa shape index (κ2) is 32.7. The van der Waals surface area contributed by atoms with Gasteiger partial charge in [0.2, 0.25) is 24.1 Å². The van der Waals surface area contributed by atoms with Gasteiger partial charge in [0.1, 0.15) is 23.6 Å². The quantitative estimate of drug-likeness (QED) is 0.109. The molecule has 0 radical (unpaired) electrons. The van der Waals surface area contributed by atoms with Gasteiger partial charge in [-0.15, -0.1) is 6.58 Å². The van der Waals surface area contributed by atoms with Crippen LogP contribution in [0, 0.1) is 11.8 Å². The number of likely N-dealkylation sites (tertiary alicyclic amines) is 1. The van der Waals surface area contributed by atoms with Gasteiger partial charge in [0.05, 0.1) is 19.3 Å². The summed E-state index contributed by atoms with van der Waals surface area (Å²) in [5, 5.41) is 10.4. The van der Waals surface area contributed by atoms with Crippen molar-refractivity contribution in [2.45, 2.75) is 138 Å². The van der Waals surface area contributed by atoms with Crippen LogP contribution in [0.1, 0.15) is 137 Å². The molecule has 1 aliphatic heterocycles. The molecule has 4 unspecified atom stereocenters. The Hall–Kier alpha value is -4.16. The Balaban J connectivity index is 0. The van der Waals surface area contributed by atoms with Crippen molar-refractivity contribution in [1.29, 1.82) is 0 Å². The SMILES string of the molecule is C=CCNC=O.CC.CC(=O)CNC(=O)C1CCCN1C(=O)CNC(=O)C(NC(=O)c1cnccn1)C1CCCCC1C.CCC.CCCCCC. The summed E-state index contributed by atoms with van der Waals surface area (Å²) in [7, 11) is 0. The number of amides is 5. The normalized spacial score (nSPS) is 17.5. The van der Waals surface area contributed by atoms with Gasteiger partial charge >= 0.3 is 0 Å². The van der Waals surface area contributed by atoms with E-state index in [9.17, 15) is 28.8 Å². The topological polar surface area (TPSA) is 180 Å². The molecule has 13 nitrogen and oxygen atoms in total. The van der Waals surface area contributed by atoms with E-state index in [0.717, 1.165) is 25.7 Å². The van der Waals surface area contributed by atoms with Crippen molar-refractivity contribution in [2.75, 3.05) is 26.2 Å². The summed E-state index contributed by atoms with van der Waals surface area (Å²) < 4.78 is 0. The van der Waals surface area contributed by atoms with Crippen molar-refractivity contribution in [2.24, 2.45) is 11.8 Å². The highest BCUT2D eigenvalue weighted by Gasteiger charge is 2.37. The molecule has 2 aliphatic rings. The Morgan fingerprint density at radius 1 is 0.942 bits per heavy atom. The molecule has 5 amide bonds. The lowest BCUT2D eigenvalue weighted by Gasteiger charge is -2.35. The Morgan fingerprint density at radius 3 is 2.08 bits per heavy atom. The first-order valence-corrected chi connectivity index (χ1v) is 19.2. The Morgan fingerprint density at radius 2 is 1.58 bits per heavy atom. The second-order valence-electron chi connectivity index (χ2n) is 12.6. The van der Waals surface area contributed by atoms with Gasteiger partial charge in [-0.3, -0.25) is 33.8 Å². The first kappa shape index (κ1) is 50.0. The molecule has 13 heteroatoms. The summed E-state index contributed by atoms with van der Waals surface area (Å²) in [5.41, 5.74) is 0.112. The minimum absolute atomic E-state index is 0.0728. The molecule has 4 N–H and O–H groups in total. The maximum Gasteiger partial charge on any atom is 0.272 e.